The van der Waals surface area contributed by atoms with Crippen LogP contribution in [0.15, 0.2) is 0 Å². The number of carbonyl (C=O) groups is 1. The highest BCUT2D eigenvalue weighted by molar-refractivity contribution is 5.50. The minimum atomic E-state index is -4.35. The maximum absolute atomic E-state index is 12.5. The Morgan fingerprint density at radius 2 is 1.85 bits per heavy atom. The molecule has 0 aliphatic heterocycles. The van der Waals surface area contributed by atoms with E-state index in [-0.39, 0.29) is 12.8 Å². The van der Waals surface area contributed by atoms with E-state index in [1.165, 1.54) is 0 Å². The van der Waals surface area contributed by atoms with Crippen LogP contribution in [-0.2, 0) is 9.53 Å². The second kappa shape index (κ2) is 3.65. The highest BCUT2D eigenvalue weighted by Gasteiger charge is 2.57. The number of halogens is 3. The van der Waals surface area contributed by atoms with Crippen molar-refractivity contribution in [3.8, 4) is 0 Å². The molecule has 0 N–H and O–H groups in total. The first-order valence-corrected chi connectivity index (χ1v) is 4.16. The first kappa shape index (κ1) is 10.5. The molecule has 13 heavy (non-hydrogen) atoms. The topological polar surface area (TPSA) is 26.3 Å². The smallest absolute Gasteiger partial charge is 0.358 e. The summed E-state index contributed by atoms with van der Waals surface area (Å²) in [5, 5.41) is 0. The number of rotatable bonds is 3. The lowest BCUT2D eigenvalue weighted by atomic mass is 10.0. The Balaban J connectivity index is 2.69. The Labute approximate surface area is 74.1 Å². The van der Waals surface area contributed by atoms with Gasteiger partial charge in [-0.3, -0.25) is 0 Å². The van der Waals surface area contributed by atoms with E-state index in [0.717, 1.165) is 0 Å². The van der Waals surface area contributed by atoms with Gasteiger partial charge in [-0.05, 0) is 12.8 Å². The SMILES string of the molecule is O=CCOC1(C(F)(F)F)CCCC1. The van der Waals surface area contributed by atoms with Crippen LogP contribution in [0, 0.1) is 0 Å². The lowest BCUT2D eigenvalue weighted by Gasteiger charge is -2.30. The summed E-state index contributed by atoms with van der Waals surface area (Å²) in [5.41, 5.74) is -2.05. The van der Waals surface area contributed by atoms with Crippen molar-refractivity contribution in [1.82, 2.24) is 0 Å². The molecule has 0 heterocycles. The molecule has 5 heteroatoms. The number of aldehydes is 1. The average Bonchev–Trinajstić information content (AvgIpc) is 2.48. The van der Waals surface area contributed by atoms with Gasteiger partial charge >= 0.3 is 6.18 Å². The molecule has 0 spiro atoms. The van der Waals surface area contributed by atoms with E-state index in [1.807, 2.05) is 0 Å². The van der Waals surface area contributed by atoms with Crippen molar-refractivity contribution in [1.29, 1.82) is 0 Å². The first-order chi connectivity index (χ1) is 6.02. The standard InChI is InChI=1S/C8H11F3O2/c9-8(10,11)7(13-6-5-12)3-1-2-4-7/h5H,1-4,6H2. The van der Waals surface area contributed by atoms with Gasteiger partial charge in [0, 0.05) is 0 Å². The summed E-state index contributed by atoms with van der Waals surface area (Å²) in [4.78, 5) is 9.94. The molecule has 1 aliphatic rings. The van der Waals surface area contributed by atoms with Crippen molar-refractivity contribution in [2.45, 2.75) is 37.5 Å². The van der Waals surface area contributed by atoms with Gasteiger partial charge in [0.2, 0.25) is 0 Å². The predicted octanol–water partition coefficient (Wildman–Crippen LogP) is 2.08. The summed E-state index contributed by atoms with van der Waals surface area (Å²) < 4.78 is 42.1. The lowest BCUT2D eigenvalue weighted by Crippen LogP contribution is -2.45. The van der Waals surface area contributed by atoms with E-state index in [1.54, 1.807) is 0 Å². The molecule has 0 radical (unpaired) electrons. The van der Waals surface area contributed by atoms with Crippen LogP contribution in [0.3, 0.4) is 0 Å². The fraction of sp³-hybridized carbons (Fsp3) is 0.875. The molecule has 0 aromatic carbocycles. The van der Waals surface area contributed by atoms with Gasteiger partial charge in [0.1, 0.15) is 12.9 Å². The van der Waals surface area contributed by atoms with E-state index in [2.05, 4.69) is 4.74 Å². The fourth-order valence-electron chi connectivity index (χ4n) is 1.65. The van der Waals surface area contributed by atoms with Gasteiger partial charge < -0.3 is 9.53 Å². The molecule has 0 amide bonds. The molecule has 1 aliphatic carbocycles. The highest BCUT2D eigenvalue weighted by atomic mass is 19.4. The number of ether oxygens (including phenoxy) is 1. The molecule has 0 atom stereocenters. The molecule has 0 unspecified atom stereocenters. The third-order valence-electron chi connectivity index (χ3n) is 2.36. The van der Waals surface area contributed by atoms with Crippen LogP contribution in [0.5, 0.6) is 0 Å². The number of carbonyl (C=O) groups excluding carboxylic acids is 1. The summed E-state index contributed by atoms with van der Waals surface area (Å²) >= 11 is 0. The monoisotopic (exact) mass is 196 g/mol. The summed E-state index contributed by atoms with van der Waals surface area (Å²) in [6.07, 6.45) is -3.02. The van der Waals surface area contributed by atoms with Crippen LogP contribution in [0.2, 0.25) is 0 Å². The Morgan fingerprint density at radius 1 is 1.31 bits per heavy atom. The second-order valence-electron chi connectivity index (χ2n) is 3.18. The van der Waals surface area contributed by atoms with Crippen LogP contribution < -0.4 is 0 Å². The van der Waals surface area contributed by atoms with Crippen LogP contribution in [0.1, 0.15) is 25.7 Å². The molecular formula is C8H11F3O2. The Morgan fingerprint density at radius 3 is 2.23 bits per heavy atom. The Hall–Kier alpha value is -0.580. The Bertz CT molecular complexity index is 182. The van der Waals surface area contributed by atoms with Gasteiger partial charge in [-0.1, -0.05) is 12.8 Å². The molecule has 2 nitrogen and oxygen atoms in total. The Kier molecular flexibility index (Phi) is 2.95. The van der Waals surface area contributed by atoms with Crippen molar-refractivity contribution < 1.29 is 22.7 Å². The third kappa shape index (κ3) is 2.02. The molecular weight excluding hydrogens is 185 g/mol. The molecule has 0 aromatic rings. The summed E-state index contributed by atoms with van der Waals surface area (Å²) in [6.45, 7) is -0.473. The largest absolute Gasteiger partial charge is 0.417 e. The van der Waals surface area contributed by atoms with Crippen molar-refractivity contribution in [3.63, 3.8) is 0 Å². The van der Waals surface area contributed by atoms with Gasteiger partial charge in [0.05, 0.1) is 0 Å². The normalized spacial score (nSPS) is 21.8. The summed E-state index contributed by atoms with van der Waals surface area (Å²) in [6, 6.07) is 0. The van der Waals surface area contributed by atoms with Gasteiger partial charge in [-0.15, -0.1) is 0 Å². The van der Waals surface area contributed by atoms with Gasteiger partial charge in [0.15, 0.2) is 5.60 Å². The van der Waals surface area contributed by atoms with Gasteiger partial charge in [-0.25, -0.2) is 0 Å². The lowest BCUT2D eigenvalue weighted by molar-refractivity contribution is -0.272. The molecule has 0 bridgehead atoms. The van der Waals surface area contributed by atoms with Crippen molar-refractivity contribution in [2.24, 2.45) is 0 Å². The van der Waals surface area contributed by atoms with Crippen molar-refractivity contribution >= 4 is 6.29 Å². The number of hydrogen-bond acceptors (Lipinski definition) is 2. The zero-order valence-electron chi connectivity index (χ0n) is 7.06. The molecule has 1 rings (SSSR count). The highest BCUT2D eigenvalue weighted by Crippen LogP contribution is 2.45. The van der Waals surface area contributed by atoms with Crippen LogP contribution >= 0.6 is 0 Å². The summed E-state index contributed by atoms with van der Waals surface area (Å²) in [7, 11) is 0. The quantitative estimate of drug-likeness (QED) is 0.646. The predicted molar refractivity (Wildman–Crippen MR) is 39.3 cm³/mol. The van der Waals surface area contributed by atoms with Gasteiger partial charge in [0.25, 0.3) is 0 Å². The van der Waals surface area contributed by atoms with Crippen molar-refractivity contribution in [2.75, 3.05) is 6.61 Å². The minimum absolute atomic E-state index is 0.0235. The summed E-state index contributed by atoms with van der Waals surface area (Å²) in [5.74, 6) is 0. The van der Waals surface area contributed by atoms with E-state index >= 15 is 0 Å². The number of hydrogen-bond donors (Lipinski definition) is 0. The van der Waals surface area contributed by atoms with E-state index < -0.39 is 18.4 Å². The van der Waals surface area contributed by atoms with Crippen LogP contribution in [0.4, 0.5) is 13.2 Å². The fourth-order valence-corrected chi connectivity index (χ4v) is 1.65. The van der Waals surface area contributed by atoms with Crippen LogP contribution in [-0.4, -0.2) is 24.7 Å². The van der Waals surface area contributed by atoms with E-state index in [4.69, 9.17) is 0 Å². The molecule has 0 aromatic heterocycles. The zero-order valence-corrected chi connectivity index (χ0v) is 7.06. The molecule has 0 saturated heterocycles. The van der Waals surface area contributed by atoms with Gasteiger partial charge in [-0.2, -0.15) is 13.2 Å². The average molecular weight is 196 g/mol. The van der Waals surface area contributed by atoms with Crippen molar-refractivity contribution in [3.05, 3.63) is 0 Å². The molecule has 76 valence electrons. The number of alkyl halides is 3. The molecule has 1 saturated carbocycles. The first-order valence-electron chi connectivity index (χ1n) is 4.16. The van der Waals surface area contributed by atoms with Crippen LogP contribution in [0.25, 0.3) is 0 Å². The van der Waals surface area contributed by atoms with E-state index in [0.29, 0.717) is 19.1 Å². The molecule has 1 fully saturated rings. The maximum atomic E-state index is 12.5. The second-order valence-corrected chi connectivity index (χ2v) is 3.18. The van der Waals surface area contributed by atoms with E-state index in [9.17, 15) is 18.0 Å². The maximum Gasteiger partial charge on any atom is 0.417 e. The minimum Gasteiger partial charge on any atom is -0.358 e. The zero-order chi connectivity index (χ0) is 9.95. The third-order valence-corrected chi connectivity index (χ3v) is 2.36.